The lowest BCUT2D eigenvalue weighted by atomic mass is 9.83. The SMILES string of the molecule is COC1(C(=O)N[C@@H](CCC(=O)C=[N+]=[N-])C(=O)OC(C)C)CCCCC1. The van der Waals surface area contributed by atoms with Crippen molar-refractivity contribution < 1.29 is 28.6 Å². The van der Waals surface area contributed by atoms with E-state index in [9.17, 15) is 14.4 Å². The van der Waals surface area contributed by atoms with Crippen LogP contribution in [0, 0.1) is 0 Å². The highest BCUT2D eigenvalue weighted by atomic mass is 16.5. The highest BCUT2D eigenvalue weighted by molar-refractivity contribution is 6.25. The summed E-state index contributed by atoms with van der Waals surface area (Å²) >= 11 is 0. The molecule has 0 aliphatic heterocycles. The first kappa shape index (κ1) is 21.0. The van der Waals surface area contributed by atoms with Gasteiger partial charge in [0.1, 0.15) is 11.6 Å². The highest BCUT2D eigenvalue weighted by Crippen LogP contribution is 2.31. The summed E-state index contributed by atoms with van der Waals surface area (Å²) in [6.07, 6.45) is 4.43. The molecule has 0 heterocycles. The van der Waals surface area contributed by atoms with Gasteiger partial charge < -0.3 is 20.3 Å². The smallest absolute Gasteiger partial charge is 0.328 e. The molecule has 140 valence electrons. The predicted octanol–water partition coefficient (Wildman–Crippen LogP) is 1.42. The fraction of sp³-hybridized carbons (Fsp3) is 0.765. The number of Topliss-reactive ketones (excluding diaryl/α,β-unsaturated/α-hetero) is 1. The lowest BCUT2D eigenvalue weighted by molar-refractivity contribution is -0.157. The van der Waals surface area contributed by atoms with Gasteiger partial charge in [-0.2, -0.15) is 4.79 Å². The molecule has 0 radical (unpaired) electrons. The molecular weight excluding hydrogens is 326 g/mol. The zero-order valence-corrected chi connectivity index (χ0v) is 15.1. The van der Waals surface area contributed by atoms with Crippen LogP contribution in [0.2, 0.25) is 0 Å². The number of ether oxygens (including phenoxy) is 2. The number of carbonyl (C=O) groups excluding carboxylic acids is 3. The Morgan fingerprint density at radius 2 is 1.88 bits per heavy atom. The van der Waals surface area contributed by atoms with Crippen LogP contribution in [-0.4, -0.2) is 53.5 Å². The van der Waals surface area contributed by atoms with Crippen molar-refractivity contribution in [1.82, 2.24) is 5.32 Å². The first-order valence-electron chi connectivity index (χ1n) is 8.61. The fourth-order valence-corrected chi connectivity index (χ4v) is 2.92. The number of hydrogen-bond donors (Lipinski definition) is 1. The van der Waals surface area contributed by atoms with Crippen LogP contribution in [-0.2, 0) is 23.9 Å². The lowest BCUT2D eigenvalue weighted by Gasteiger charge is -2.35. The van der Waals surface area contributed by atoms with Crippen molar-refractivity contribution >= 4 is 23.9 Å². The van der Waals surface area contributed by atoms with Gasteiger partial charge in [0.15, 0.2) is 0 Å². The van der Waals surface area contributed by atoms with Crippen LogP contribution in [0.15, 0.2) is 0 Å². The van der Waals surface area contributed by atoms with E-state index >= 15 is 0 Å². The Kier molecular flexibility index (Phi) is 8.45. The predicted molar refractivity (Wildman–Crippen MR) is 89.9 cm³/mol. The first-order valence-corrected chi connectivity index (χ1v) is 8.61. The molecule has 1 aliphatic rings. The van der Waals surface area contributed by atoms with Crippen LogP contribution in [0.4, 0.5) is 0 Å². The maximum atomic E-state index is 12.7. The summed E-state index contributed by atoms with van der Waals surface area (Å²) in [4.78, 5) is 39.2. The molecule has 0 aromatic heterocycles. The van der Waals surface area contributed by atoms with Gasteiger partial charge in [-0.05, 0) is 33.1 Å². The highest BCUT2D eigenvalue weighted by Gasteiger charge is 2.41. The number of esters is 1. The molecule has 0 aromatic rings. The van der Waals surface area contributed by atoms with Crippen LogP contribution in [0.5, 0.6) is 0 Å². The number of rotatable bonds is 9. The molecule has 8 heteroatoms. The number of methoxy groups -OCH3 is 1. The van der Waals surface area contributed by atoms with E-state index < -0.39 is 23.4 Å². The van der Waals surface area contributed by atoms with E-state index in [2.05, 4.69) is 10.1 Å². The molecule has 1 aliphatic carbocycles. The summed E-state index contributed by atoms with van der Waals surface area (Å²) in [7, 11) is 1.49. The average Bonchev–Trinajstić information content (AvgIpc) is 2.58. The Labute approximate surface area is 147 Å². The Morgan fingerprint density at radius 3 is 2.40 bits per heavy atom. The number of nitrogens with zero attached hydrogens (tertiary/aromatic N) is 2. The number of carbonyl (C=O) groups is 3. The average molecular weight is 353 g/mol. The Bertz CT molecular complexity index is 534. The first-order chi connectivity index (χ1) is 11.8. The Morgan fingerprint density at radius 1 is 1.24 bits per heavy atom. The third kappa shape index (κ3) is 6.40. The number of hydrogen-bond acceptors (Lipinski definition) is 5. The van der Waals surface area contributed by atoms with Crippen molar-refractivity contribution in [2.75, 3.05) is 7.11 Å². The maximum absolute atomic E-state index is 12.7. The van der Waals surface area contributed by atoms with E-state index in [0.717, 1.165) is 25.5 Å². The molecule has 1 saturated carbocycles. The van der Waals surface area contributed by atoms with Gasteiger partial charge >= 0.3 is 12.2 Å². The molecule has 0 aromatic carbocycles. The minimum atomic E-state index is -0.958. The molecule has 1 N–H and O–H groups in total. The van der Waals surface area contributed by atoms with E-state index in [1.54, 1.807) is 13.8 Å². The summed E-state index contributed by atoms with van der Waals surface area (Å²) in [5.41, 5.74) is 7.44. The van der Waals surface area contributed by atoms with Crippen LogP contribution < -0.4 is 5.32 Å². The van der Waals surface area contributed by atoms with Gasteiger partial charge in [-0.25, -0.2) is 4.79 Å². The van der Waals surface area contributed by atoms with Gasteiger partial charge in [-0.3, -0.25) is 9.59 Å². The molecule has 8 nitrogen and oxygen atoms in total. The standard InChI is InChI=1S/C17H27N3O5/c1-12(2)25-15(22)14(8-7-13(21)11-19-18)20-16(23)17(24-3)9-5-4-6-10-17/h11-12,14H,4-10H2,1-3H3,(H,20,23)/t14-/m0/s1. The second kappa shape index (κ2) is 10.1. The molecule has 0 saturated heterocycles. The molecule has 0 spiro atoms. The molecule has 1 atom stereocenters. The van der Waals surface area contributed by atoms with Gasteiger partial charge in [-0.15, -0.1) is 0 Å². The molecule has 1 fully saturated rings. The van der Waals surface area contributed by atoms with Crippen molar-refractivity contribution in [3.8, 4) is 0 Å². The quantitative estimate of drug-likeness (QED) is 0.291. The Balaban J connectivity index is 2.82. The van der Waals surface area contributed by atoms with Crippen LogP contribution in [0.25, 0.3) is 5.53 Å². The molecule has 1 rings (SSSR count). The molecule has 0 unspecified atom stereocenters. The largest absolute Gasteiger partial charge is 0.461 e. The van der Waals surface area contributed by atoms with Crippen LogP contribution >= 0.6 is 0 Å². The zero-order valence-electron chi connectivity index (χ0n) is 15.1. The third-order valence-electron chi connectivity index (χ3n) is 4.29. The van der Waals surface area contributed by atoms with Gasteiger partial charge in [0.25, 0.3) is 5.91 Å². The zero-order chi connectivity index (χ0) is 18.9. The van der Waals surface area contributed by atoms with Crippen molar-refractivity contribution in [3.05, 3.63) is 5.53 Å². The summed E-state index contributed by atoms with van der Waals surface area (Å²) in [6.45, 7) is 3.41. The minimum absolute atomic E-state index is 0.0534. The van der Waals surface area contributed by atoms with Crippen LogP contribution in [0.3, 0.4) is 0 Å². The topological polar surface area (TPSA) is 118 Å². The summed E-state index contributed by atoms with van der Waals surface area (Å²) in [5.74, 6) is -1.40. The van der Waals surface area contributed by atoms with E-state index in [-0.39, 0.29) is 24.9 Å². The van der Waals surface area contributed by atoms with E-state index in [1.165, 1.54) is 7.11 Å². The number of amides is 1. The number of nitrogens with one attached hydrogen (secondary N) is 1. The van der Waals surface area contributed by atoms with E-state index in [4.69, 9.17) is 15.0 Å². The summed E-state index contributed by atoms with van der Waals surface area (Å²) in [5, 5.41) is 2.68. The summed E-state index contributed by atoms with van der Waals surface area (Å²) in [6, 6.07) is -0.958. The second-order valence-corrected chi connectivity index (χ2v) is 6.52. The Hall–Kier alpha value is -2.05. The normalized spacial score (nSPS) is 17.3. The molecular formula is C17H27N3O5. The number of ketones is 1. The van der Waals surface area contributed by atoms with Gasteiger partial charge in [-0.1, -0.05) is 19.3 Å². The van der Waals surface area contributed by atoms with Gasteiger partial charge in [0.2, 0.25) is 5.78 Å². The van der Waals surface area contributed by atoms with Crippen molar-refractivity contribution in [2.24, 2.45) is 0 Å². The molecule has 0 bridgehead atoms. The van der Waals surface area contributed by atoms with Crippen molar-refractivity contribution in [3.63, 3.8) is 0 Å². The maximum Gasteiger partial charge on any atom is 0.328 e. The monoisotopic (exact) mass is 353 g/mol. The van der Waals surface area contributed by atoms with Crippen molar-refractivity contribution in [2.45, 2.75) is 76.5 Å². The van der Waals surface area contributed by atoms with Crippen molar-refractivity contribution in [1.29, 1.82) is 0 Å². The molecule has 25 heavy (non-hydrogen) atoms. The van der Waals surface area contributed by atoms with E-state index in [0.29, 0.717) is 12.8 Å². The molecule has 1 amide bonds. The second-order valence-electron chi connectivity index (χ2n) is 6.52. The third-order valence-corrected chi connectivity index (χ3v) is 4.29. The van der Waals surface area contributed by atoms with Gasteiger partial charge in [0, 0.05) is 13.5 Å². The fourth-order valence-electron chi connectivity index (χ4n) is 2.92. The summed E-state index contributed by atoms with van der Waals surface area (Å²) < 4.78 is 10.7. The minimum Gasteiger partial charge on any atom is -0.461 e. The van der Waals surface area contributed by atoms with E-state index in [1.807, 2.05) is 0 Å². The lowest BCUT2D eigenvalue weighted by Crippen LogP contribution is -2.54. The van der Waals surface area contributed by atoms with Gasteiger partial charge in [0.05, 0.1) is 6.10 Å². The van der Waals surface area contributed by atoms with Crippen LogP contribution in [0.1, 0.15) is 58.8 Å².